The fourth-order valence-corrected chi connectivity index (χ4v) is 4.09. The second-order valence-electron chi connectivity index (χ2n) is 7.44. The quantitative estimate of drug-likeness (QED) is 0.289. The summed E-state index contributed by atoms with van der Waals surface area (Å²) in [6.07, 6.45) is 2.27. The van der Waals surface area contributed by atoms with E-state index < -0.39 is 11.7 Å². The van der Waals surface area contributed by atoms with Gasteiger partial charge in [-0.2, -0.15) is 9.78 Å². The number of hydrogen-bond acceptors (Lipinski definition) is 9. The van der Waals surface area contributed by atoms with Crippen LogP contribution in [0, 0.1) is 5.82 Å². The van der Waals surface area contributed by atoms with E-state index >= 15 is 0 Å². The molecule has 11 nitrogen and oxygen atoms in total. The lowest BCUT2D eigenvalue weighted by molar-refractivity contribution is 0.0949. The van der Waals surface area contributed by atoms with Crippen molar-refractivity contribution in [3.8, 4) is 5.82 Å². The first-order valence-corrected chi connectivity index (χ1v) is 10.9. The zero-order valence-corrected chi connectivity index (χ0v) is 19.1. The summed E-state index contributed by atoms with van der Waals surface area (Å²) < 4.78 is 19.7. The Labute approximate surface area is 200 Å². The summed E-state index contributed by atoms with van der Waals surface area (Å²) in [7, 11) is 0. The molecule has 3 heterocycles. The van der Waals surface area contributed by atoms with Crippen molar-refractivity contribution in [2.75, 3.05) is 17.2 Å². The van der Waals surface area contributed by atoms with Crippen LogP contribution in [0.2, 0.25) is 0 Å². The van der Waals surface area contributed by atoms with Crippen LogP contribution in [0.15, 0.2) is 56.7 Å². The zero-order valence-electron chi connectivity index (χ0n) is 17.5. The van der Waals surface area contributed by atoms with Gasteiger partial charge in [0.05, 0.1) is 22.9 Å². The van der Waals surface area contributed by atoms with E-state index in [0.29, 0.717) is 17.8 Å². The van der Waals surface area contributed by atoms with Crippen LogP contribution in [0.4, 0.5) is 15.9 Å². The van der Waals surface area contributed by atoms with Gasteiger partial charge in [0.1, 0.15) is 5.82 Å². The maximum atomic E-state index is 13.4. The molecule has 13 heteroatoms. The maximum absolute atomic E-state index is 13.4. The summed E-state index contributed by atoms with van der Waals surface area (Å²) in [5, 5.41) is 19.4. The molecule has 2 aromatic carbocycles. The van der Waals surface area contributed by atoms with Gasteiger partial charge < -0.3 is 10.6 Å². The van der Waals surface area contributed by atoms with E-state index in [1.54, 1.807) is 0 Å². The molecule has 1 aliphatic rings. The van der Waals surface area contributed by atoms with Crippen LogP contribution in [0.5, 0.6) is 0 Å². The van der Waals surface area contributed by atoms with Gasteiger partial charge in [-0.05, 0) is 62.0 Å². The molecule has 3 N–H and O–H groups in total. The largest absolute Gasteiger partial charge is 0.378 e. The minimum absolute atomic E-state index is 0.0137. The number of para-hydroxylation sites is 1. The van der Waals surface area contributed by atoms with E-state index in [9.17, 15) is 9.18 Å². The van der Waals surface area contributed by atoms with Crippen molar-refractivity contribution < 1.29 is 13.8 Å². The molecule has 1 amide bonds. The van der Waals surface area contributed by atoms with Crippen molar-refractivity contribution in [1.82, 2.24) is 30.7 Å². The Balaban J connectivity index is 1.43. The van der Waals surface area contributed by atoms with Crippen LogP contribution in [-0.4, -0.2) is 44.0 Å². The molecule has 0 fully saturated rings. The van der Waals surface area contributed by atoms with Gasteiger partial charge in [0.25, 0.3) is 5.91 Å². The number of carbonyl (C=O) groups excluding carboxylic acids is 1. The van der Waals surface area contributed by atoms with E-state index in [0.717, 1.165) is 18.7 Å². The second kappa shape index (κ2) is 9.02. The molecule has 5 rings (SSSR count). The highest BCUT2D eigenvalue weighted by molar-refractivity contribution is 9.10. The number of nitrogens with two attached hydrogens (primary N) is 1. The molecule has 172 valence electrons. The Morgan fingerprint density at radius 2 is 2.15 bits per heavy atom. The third-order valence-electron chi connectivity index (χ3n) is 5.32. The lowest BCUT2D eigenvalue weighted by Gasteiger charge is -2.19. The van der Waals surface area contributed by atoms with Gasteiger partial charge >= 0.3 is 0 Å². The summed E-state index contributed by atoms with van der Waals surface area (Å²) in [6.45, 7) is 1.07. The zero-order chi connectivity index (χ0) is 23.7. The molecule has 0 aliphatic carbocycles. The van der Waals surface area contributed by atoms with Gasteiger partial charge in [0.15, 0.2) is 5.69 Å². The molecular weight excluding hydrogens is 509 g/mol. The summed E-state index contributed by atoms with van der Waals surface area (Å²) in [5.74, 6) is -0.831. The first kappa shape index (κ1) is 21.7. The third-order valence-corrected chi connectivity index (χ3v) is 5.93. The van der Waals surface area contributed by atoms with Crippen LogP contribution in [0.3, 0.4) is 0 Å². The number of hydrogen-bond donors (Lipinski definition) is 2. The molecule has 0 saturated heterocycles. The number of fused-ring (bicyclic) bond motifs is 1. The van der Waals surface area contributed by atoms with Crippen molar-refractivity contribution in [1.29, 1.82) is 0 Å². The molecule has 4 aromatic rings. The van der Waals surface area contributed by atoms with Crippen molar-refractivity contribution in [3.05, 3.63) is 75.3 Å². The van der Waals surface area contributed by atoms with Crippen LogP contribution in [0.25, 0.3) is 5.82 Å². The van der Waals surface area contributed by atoms with Crippen molar-refractivity contribution >= 4 is 39.6 Å². The highest BCUT2D eigenvalue weighted by Crippen LogP contribution is 2.30. The van der Waals surface area contributed by atoms with Crippen molar-refractivity contribution in [2.45, 2.75) is 13.0 Å². The number of nitrogen functional groups attached to an aromatic ring is 1. The lowest BCUT2D eigenvalue weighted by atomic mass is 10.2. The molecule has 34 heavy (non-hydrogen) atoms. The number of aromatic nitrogens is 5. The number of nitrogens with one attached hydrogen (secondary N) is 1. The van der Waals surface area contributed by atoms with Crippen molar-refractivity contribution in [2.24, 2.45) is 5.10 Å². The minimum atomic E-state index is -0.582. The van der Waals surface area contributed by atoms with Gasteiger partial charge in [-0.1, -0.05) is 29.5 Å². The van der Waals surface area contributed by atoms with E-state index in [2.05, 4.69) is 58.0 Å². The Kier molecular flexibility index (Phi) is 5.76. The molecule has 0 bridgehead atoms. The normalized spacial score (nSPS) is 12.9. The number of anilines is 2. The first-order valence-electron chi connectivity index (χ1n) is 10.2. The Bertz CT molecular complexity index is 1400. The SMILES string of the molecule is Nc1nonc1-n1nnc(C(=O)N/N=C/c2ccc(F)c(Br)c2)c1CN1CCc2ccccc21. The summed E-state index contributed by atoms with van der Waals surface area (Å²) in [6, 6.07) is 12.4. The molecule has 0 spiro atoms. The Hall–Kier alpha value is -4.13. The highest BCUT2D eigenvalue weighted by Gasteiger charge is 2.28. The average Bonchev–Trinajstić information content (AvgIpc) is 3.55. The van der Waals surface area contributed by atoms with Gasteiger partial charge in [-0.25, -0.2) is 14.4 Å². The minimum Gasteiger partial charge on any atom is -0.378 e. The van der Waals surface area contributed by atoms with E-state index in [1.165, 1.54) is 34.7 Å². The molecule has 0 unspecified atom stereocenters. The summed E-state index contributed by atoms with van der Waals surface area (Å²) in [4.78, 5) is 15.1. The molecular formula is C21H17BrFN9O2. The van der Waals surface area contributed by atoms with Gasteiger partial charge in [-0.3, -0.25) is 4.79 Å². The Morgan fingerprint density at radius 1 is 1.29 bits per heavy atom. The highest BCUT2D eigenvalue weighted by atomic mass is 79.9. The topological polar surface area (TPSA) is 140 Å². The summed E-state index contributed by atoms with van der Waals surface area (Å²) in [5.41, 5.74) is 11.6. The van der Waals surface area contributed by atoms with Crippen LogP contribution in [0.1, 0.15) is 27.3 Å². The van der Waals surface area contributed by atoms with Gasteiger partial charge in [0, 0.05) is 12.2 Å². The number of rotatable bonds is 6. The number of nitrogens with zero attached hydrogens (tertiary/aromatic N) is 7. The van der Waals surface area contributed by atoms with E-state index in [4.69, 9.17) is 10.4 Å². The molecule has 2 aromatic heterocycles. The molecule has 1 aliphatic heterocycles. The monoisotopic (exact) mass is 525 g/mol. The van der Waals surface area contributed by atoms with Crippen molar-refractivity contribution in [3.63, 3.8) is 0 Å². The third kappa shape index (κ3) is 4.12. The maximum Gasteiger partial charge on any atom is 0.293 e. The van der Waals surface area contributed by atoms with Crippen LogP contribution >= 0.6 is 15.9 Å². The standard InChI is InChI=1S/C21H17BrFN9O2/c22-14-9-12(5-6-15(14)23)10-25-27-21(33)18-17(32(30-26-18)20-19(24)28-34-29-20)11-31-8-7-13-3-1-2-4-16(13)31/h1-6,9-10H,7-8,11H2,(H2,24,28)(H,27,33)/b25-10+. The second-order valence-corrected chi connectivity index (χ2v) is 8.30. The molecule has 0 radical (unpaired) electrons. The van der Waals surface area contributed by atoms with E-state index in [1.807, 2.05) is 18.2 Å². The fraction of sp³-hybridized carbons (Fsp3) is 0.143. The average molecular weight is 526 g/mol. The number of benzene rings is 2. The van der Waals surface area contributed by atoms with Crippen LogP contribution in [-0.2, 0) is 13.0 Å². The fourth-order valence-electron chi connectivity index (χ4n) is 3.69. The van der Waals surface area contributed by atoms with E-state index in [-0.39, 0.29) is 21.8 Å². The van der Waals surface area contributed by atoms with Gasteiger partial charge in [0.2, 0.25) is 11.6 Å². The number of amides is 1. The van der Waals surface area contributed by atoms with Gasteiger partial charge in [-0.15, -0.1) is 5.10 Å². The molecule has 0 atom stereocenters. The number of carbonyl (C=O) groups is 1. The molecule has 0 saturated carbocycles. The number of halogens is 2. The lowest BCUT2D eigenvalue weighted by Crippen LogP contribution is -2.26. The Morgan fingerprint density at radius 3 is 2.94 bits per heavy atom. The van der Waals surface area contributed by atoms with Crippen LogP contribution < -0.4 is 16.1 Å². The predicted octanol–water partition coefficient (Wildman–Crippen LogP) is 2.46. The number of hydrazone groups is 1. The predicted molar refractivity (Wildman–Crippen MR) is 124 cm³/mol. The summed E-state index contributed by atoms with van der Waals surface area (Å²) >= 11 is 3.12. The smallest absolute Gasteiger partial charge is 0.293 e. The first-order chi connectivity index (χ1) is 16.5.